The van der Waals surface area contributed by atoms with Crippen LogP contribution >= 0.6 is 0 Å². The van der Waals surface area contributed by atoms with Gasteiger partial charge in [-0.15, -0.1) is 0 Å². The molecule has 3 nitrogen and oxygen atoms in total. The Bertz CT molecular complexity index is 345. The highest BCUT2D eigenvalue weighted by Gasteiger charge is 2.23. The molecule has 1 saturated carbocycles. The van der Waals surface area contributed by atoms with Crippen LogP contribution < -0.4 is 15.0 Å². The van der Waals surface area contributed by atoms with Gasteiger partial charge in [-0.2, -0.15) is 0 Å². The monoisotopic (exact) mass is 206 g/mol. The van der Waals surface area contributed by atoms with Crippen molar-refractivity contribution in [2.24, 2.45) is 0 Å². The molecule has 1 aromatic carbocycles. The molecule has 0 aromatic heterocycles. The standard InChI is InChI=1S/C12H18N2O/c1-13-11-7-6-10(15-9-4-5-9)8-12(11)14(2)3/h6-9,13H,4-5H2,1-3H3. The molecule has 0 radical (unpaired) electrons. The number of anilines is 2. The zero-order valence-corrected chi connectivity index (χ0v) is 9.58. The van der Waals surface area contributed by atoms with Crippen LogP contribution in [-0.4, -0.2) is 27.2 Å². The van der Waals surface area contributed by atoms with Gasteiger partial charge in [0.05, 0.1) is 17.5 Å². The summed E-state index contributed by atoms with van der Waals surface area (Å²) in [6.45, 7) is 0. The molecule has 1 N–H and O–H groups in total. The molecule has 1 aromatic rings. The molecule has 82 valence electrons. The summed E-state index contributed by atoms with van der Waals surface area (Å²) in [7, 11) is 6.01. The topological polar surface area (TPSA) is 24.5 Å². The first-order valence-electron chi connectivity index (χ1n) is 5.36. The Balaban J connectivity index is 2.22. The average molecular weight is 206 g/mol. The van der Waals surface area contributed by atoms with Crippen molar-refractivity contribution in [3.8, 4) is 5.75 Å². The molecule has 0 atom stereocenters. The van der Waals surface area contributed by atoms with Gasteiger partial charge in [-0.1, -0.05) is 0 Å². The molecule has 1 aliphatic rings. The van der Waals surface area contributed by atoms with Crippen LogP contribution in [0, 0.1) is 0 Å². The van der Waals surface area contributed by atoms with Gasteiger partial charge >= 0.3 is 0 Å². The lowest BCUT2D eigenvalue weighted by molar-refractivity contribution is 0.303. The molecule has 3 heteroatoms. The van der Waals surface area contributed by atoms with Crippen LogP contribution in [0.2, 0.25) is 0 Å². The minimum atomic E-state index is 0.459. The molecule has 1 fully saturated rings. The second kappa shape index (κ2) is 4.01. The molecule has 0 amide bonds. The fraction of sp³-hybridized carbons (Fsp3) is 0.500. The van der Waals surface area contributed by atoms with Crippen LogP contribution in [0.3, 0.4) is 0 Å². The number of rotatable bonds is 4. The Morgan fingerprint density at radius 2 is 2.07 bits per heavy atom. The van der Waals surface area contributed by atoms with Gasteiger partial charge in [0.25, 0.3) is 0 Å². The fourth-order valence-electron chi connectivity index (χ4n) is 1.54. The van der Waals surface area contributed by atoms with Crippen LogP contribution in [0.25, 0.3) is 0 Å². The van der Waals surface area contributed by atoms with Crippen molar-refractivity contribution in [3.63, 3.8) is 0 Å². The lowest BCUT2D eigenvalue weighted by atomic mass is 10.2. The first-order valence-corrected chi connectivity index (χ1v) is 5.36. The third-order valence-corrected chi connectivity index (χ3v) is 2.55. The maximum Gasteiger partial charge on any atom is 0.121 e. The molecular formula is C12H18N2O. The van der Waals surface area contributed by atoms with E-state index in [1.807, 2.05) is 27.2 Å². The van der Waals surface area contributed by atoms with Crippen molar-refractivity contribution in [1.29, 1.82) is 0 Å². The van der Waals surface area contributed by atoms with Crippen LogP contribution in [0.15, 0.2) is 18.2 Å². The molecule has 15 heavy (non-hydrogen) atoms. The largest absolute Gasteiger partial charge is 0.490 e. The molecule has 0 heterocycles. The molecule has 1 aliphatic carbocycles. The van der Waals surface area contributed by atoms with E-state index in [1.165, 1.54) is 12.8 Å². The highest BCUT2D eigenvalue weighted by atomic mass is 16.5. The van der Waals surface area contributed by atoms with Crippen LogP contribution in [0.5, 0.6) is 5.75 Å². The lowest BCUT2D eigenvalue weighted by Crippen LogP contribution is -2.11. The van der Waals surface area contributed by atoms with Crippen LogP contribution in [0.4, 0.5) is 11.4 Å². The van der Waals surface area contributed by atoms with Crippen molar-refractivity contribution in [2.75, 3.05) is 31.4 Å². The number of benzene rings is 1. The van der Waals surface area contributed by atoms with Crippen molar-refractivity contribution in [2.45, 2.75) is 18.9 Å². The minimum absolute atomic E-state index is 0.459. The zero-order chi connectivity index (χ0) is 10.8. The average Bonchev–Trinajstić information content (AvgIpc) is 3.01. The molecule has 0 spiro atoms. The summed E-state index contributed by atoms with van der Waals surface area (Å²) in [6.07, 6.45) is 2.86. The Labute approximate surface area is 91.0 Å². The van der Waals surface area contributed by atoms with Crippen molar-refractivity contribution in [3.05, 3.63) is 18.2 Å². The predicted molar refractivity (Wildman–Crippen MR) is 64.0 cm³/mol. The molecule has 0 saturated heterocycles. The summed E-state index contributed by atoms with van der Waals surface area (Å²) < 4.78 is 5.76. The van der Waals surface area contributed by atoms with E-state index in [0.717, 1.165) is 17.1 Å². The maximum absolute atomic E-state index is 5.76. The first kappa shape index (κ1) is 10.1. The molecule has 0 bridgehead atoms. The van der Waals surface area contributed by atoms with Crippen LogP contribution in [-0.2, 0) is 0 Å². The van der Waals surface area contributed by atoms with Crippen molar-refractivity contribution in [1.82, 2.24) is 0 Å². The quantitative estimate of drug-likeness (QED) is 0.818. The number of hydrogen-bond acceptors (Lipinski definition) is 3. The van der Waals surface area contributed by atoms with Crippen molar-refractivity contribution >= 4 is 11.4 Å². The molecule has 0 aliphatic heterocycles. The van der Waals surface area contributed by atoms with E-state index in [0.29, 0.717) is 6.10 Å². The third-order valence-electron chi connectivity index (χ3n) is 2.55. The van der Waals surface area contributed by atoms with E-state index in [2.05, 4.69) is 22.3 Å². The predicted octanol–water partition coefficient (Wildman–Crippen LogP) is 2.34. The zero-order valence-electron chi connectivity index (χ0n) is 9.58. The second-order valence-corrected chi connectivity index (χ2v) is 4.14. The molecule has 2 rings (SSSR count). The highest BCUT2D eigenvalue weighted by Crippen LogP contribution is 2.32. The number of hydrogen-bond donors (Lipinski definition) is 1. The first-order chi connectivity index (χ1) is 7.20. The molecule has 0 unspecified atom stereocenters. The lowest BCUT2D eigenvalue weighted by Gasteiger charge is -2.18. The van der Waals surface area contributed by atoms with Gasteiger partial charge in [0.15, 0.2) is 0 Å². The summed E-state index contributed by atoms with van der Waals surface area (Å²) in [6, 6.07) is 6.17. The molecular weight excluding hydrogens is 188 g/mol. The Morgan fingerprint density at radius 3 is 2.60 bits per heavy atom. The van der Waals surface area contributed by atoms with E-state index in [1.54, 1.807) is 0 Å². The van der Waals surface area contributed by atoms with Crippen molar-refractivity contribution < 1.29 is 4.74 Å². The van der Waals surface area contributed by atoms with E-state index < -0.39 is 0 Å². The number of ether oxygens (including phenoxy) is 1. The Hall–Kier alpha value is -1.38. The van der Waals surface area contributed by atoms with E-state index in [4.69, 9.17) is 4.74 Å². The summed E-state index contributed by atoms with van der Waals surface area (Å²) in [4.78, 5) is 2.09. The minimum Gasteiger partial charge on any atom is -0.490 e. The van der Waals surface area contributed by atoms with Gasteiger partial charge < -0.3 is 15.0 Å². The summed E-state index contributed by atoms with van der Waals surface area (Å²) in [5.41, 5.74) is 2.29. The highest BCUT2D eigenvalue weighted by molar-refractivity contribution is 5.71. The fourth-order valence-corrected chi connectivity index (χ4v) is 1.54. The summed E-state index contributed by atoms with van der Waals surface area (Å²) in [5.74, 6) is 0.972. The third kappa shape index (κ3) is 2.35. The second-order valence-electron chi connectivity index (χ2n) is 4.14. The van der Waals surface area contributed by atoms with Gasteiger partial charge in [0, 0.05) is 27.2 Å². The van der Waals surface area contributed by atoms with Gasteiger partial charge in [-0.3, -0.25) is 0 Å². The smallest absolute Gasteiger partial charge is 0.121 e. The van der Waals surface area contributed by atoms with E-state index in [9.17, 15) is 0 Å². The van der Waals surface area contributed by atoms with Gasteiger partial charge in [0.2, 0.25) is 0 Å². The SMILES string of the molecule is CNc1ccc(OC2CC2)cc1N(C)C. The van der Waals surface area contributed by atoms with Gasteiger partial charge in [-0.25, -0.2) is 0 Å². The summed E-state index contributed by atoms with van der Waals surface area (Å²) in [5, 5.41) is 3.18. The number of nitrogens with zero attached hydrogens (tertiary/aromatic N) is 1. The Kier molecular flexibility index (Phi) is 2.71. The van der Waals surface area contributed by atoms with E-state index in [-0.39, 0.29) is 0 Å². The van der Waals surface area contributed by atoms with Crippen LogP contribution in [0.1, 0.15) is 12.8 Å². The van der Waals surface area contributed by atoms with Gasteiger partial charge in [0.1, 0.15) is 5.75 Å². The number of nitrogens with one attached hydrogen (secondary N) is 1. The summed E-state index contributed by atoms with van der Waals surface area (Å²) >= 11 is 0. The normalized spacial score (nSPS) is 14.9. The maximum atomic E-state index is 5.76. The Morgan fingerprint density at radius 1 is 1.33 bits per heavy atom. The van der Waals surface area contributed by atoms with E-state index >= 15 is 0 Å². The van der Waals surface area contributed by atoms with Gasteiger partial charge in [-0.05, 0) is 25.0 Å².